The summed E-state index contributed by atoms with van der Waals surface area (Å²) in [5.74, 6) is 7.29. The highest BCUT2D eigenvalue weighted by atomic mass is 15.1. The number of aryl methyl sites for hydroxylation is 1. The van der Waals surface area contributed by atoms with Gasteiger partial charge >= 0.3 is 0 Å². The number of rotatable bonds is 3. The van der Waals surface area contributed by atoms with E-state index >= 15 is 0 Å². The van der Waals surface area contributed by atoms with Gasteiger partial charge in [0.05, 0.1) is 17.5 Å². The first-order valence-electron chi connectivity index (χ1n) is 5.89. The summed E-state index contributed by atoms with van der Waals surface area (Å²) in [5, 5.41) is 0. The molecule has 0 spiro atoms. The molecule has 1 aromatic heterocycles. The van der Waals surface area contributed by atoms with Crippen molar-refractivity contribution >= 4 is 11.0 Å². The normalized spacial score (nSPS) is 10.2. The van der Waals surface area contributed by atoms with Gasteiger partial charge in [-0.05, 0) is 25.1 Å². The fourth-order valence-corrected chi connectivity index (χ4v) is 1.77. The molecule has 17 heavy (non-hydrogen) atoms. The van der Waals surface area contributed by atoms with Gasteiger partial charge in [0.1, 0.15) is 5.82 Å². The summed E-state index contributed by atoms with van der Waals surface area (Å²) in [4.78, 5) is 4.57. The first kappa shape index (κ1) is 11.7. The van der Waals surface area contributed by atoms with Gasteiger partial charge in [-0.3, -0.25) is 0 Å². The van der Waals surface area contributed by atoms with Crippen LogP contribution in [-0.4, -0.2) is 16.1 Å². The minimum Gasteiger partial charge on any atom is -0.330 e. The van der Waals surface area contributed by atoms with Gasteiger partial charge in [-0.25, -0.2) is 4.98 Å². The smallest absolute Gasteiger partial charge is 0.121 e. The third-order valence-corrected chi connectivity index (χ3v) is 2.76. The average Bonchev–Trinajstić information content (AvgIpc) is 2.67. The second kappa shape index (κ2) is 5.51. The lowest BCUT2D eigenvalue weighted by Gasteiger charge is -1.96. The molecule has 2 N–H and O–H groups in total. The van der Waals surface area contributed by atoms with E-state index < -0.39 is 0 Å². The monoisotopic (exact) mass is 227 g/mol. The molecule has 0 aliphatic heterocycles. The van der Waals surface area contributed by atoms with E-state index in [-0.39, 0.29) is 0 Å². The second-order valence-electron chi connectivity index (χ2n) is 4.00. The molecule has 2 rings (SSSR count). The Morgan fingerprint density at radius 2 is 2.12 bits per heavy atom. The van der Waals surface area contributed by atoms with Gasteiger partial charge in [-0.15, -0.1) is 5.92 Å². The third-order valence-electron chi connectivity index (χ3n) is 2.76. The van der Waals surface area contributed by atoms with Gasteiger partial charge in [-0.2, -0.15) is 0 Å². The number of fused-ring (bicyclic) bond motifs is 1. The van der Waals surface area contributed by atoms with Crippen molar-refractivity contribution in [3.63, 3.8) is 0 Å². The van der Waals surface area contributed by atoms with Crippen LogP contribution < -0.4 is 5.73 Å². The molecule has 0 bridgehead atoms. The molecule has 0 radical (unpaired) electrons. The Morgan fingerprint density at radius 3 is 2.88 bits per heavy atom. The lowest BCUT2D eigenvalue weighted by atomic mass is 10.3. The summed E-state index contributed by atoms with van der Waals surface area (Å²) in [6, 6.07) is 8.14. The first-order valence-corrected chi connectivity index (χ1v) is 5.89. The number of nitrogens with zero attached hydrogens (tertiary/aromatic N) is 2. The molecule has 88 valence electrons. The Hall–Kier alpha value is -1.79. The molecule has 0 fully saturated rings. The standard InChI is InChI=1S/C14H17N3/c1-17-13-9-6-5-8-12(13)16-14(17)10-4-2-3-7-11-15/h5-6,8-9H,3,7,10-11,15H2,1H3. The molecule has 0 amide bonds. The Morgan fingerprint density at radius 1 is 1.29 bits per heavy atom. The molecule has 0 unspecified atom stereocenters. The Kier molecular flexibility index (Phi) is 3.79. The molecule has 0 atom stereocenters. The lowest BCUT2D eigenvalue weighted by molar-refractivity contribution is 0.855. The van der Waals surface area contributed by atoms with E-state index in [2.05, 4.69) is 27.5 Å². The highest BCUT2D eigenvalue weighted by molar-refractivity contribution is 5.75. The van der Waals surface area contributed by atoms with Crippen LogP contribution in [0, 0.1) is 11.8 Å². The minimum atomic E-state index is 0.704. The molecule has 0 saturated carbocycles. The molecule has 0 aliphatic rings. The van der Waals surface area contributed by atoms with E-state index in [1.165, 1.54) is 0 Å². The molecule has 0 saturated heterocycles. The van der Waals surface area contributed by atoms with E-state index in [4.69, 9.17) is 5.73 Å². The maximum atomic E-state index is 5.41. The van der Waals surface area contributed by atoms with Crippen LogP contribution in [0.15, 0.2) is 24.3 Å². The molecule has 3 nitrogen and oxygen atoms in total. The van der Waals surface area contributed by atoms with Crippen LogP contribution in [0.1, 0.15) is 18.7 Å². The fraction of sp³-hybridized carbons (Fsp3) is 0.357. The second-order valence-corrected chi connectivity index (χ2v) is 4.00. The summed E-state index contributed by atoms with van der Waals surface area (Å²) >= 11 is 0. The molecule has 3 heteroatoms. The number of para-hydroxylation sites is 2. The van der Waals surface area contributed by atoms with Gasteiger partial charge in [0.2, 0.25) is 0 Å². The van der Waals surface area contributed by atoms with Crippen LogP contribution in [-0.2, 0) is 13.5 Å². The zero-order valence-corrected chi connectivity index (χ0v) is 10.1. The number of aromatic nitrogens is 2. The lowest BCUT2D eigenvalue weighted by Crippen LogP contribution is -1.97. The number of benzene rings is 1. The SMILES string of the molecule is Cn1c(CC#CCCCN)nc2ccccc21. The fourth-order valence-electron chi connectivity index (χ4n) is 1.77. The van der Waals surface area contributed by atoms with Crippen molar-refractivity contribution in [3.05, 3.63) is 30.1 Å². The zero-order chi connectivity index (χ0) is 12.1. The van der Waals surface area contributed by atoms with Crippen molar-refractivity contribution in [2.75, 3.05) is 6.54 Å². The summed E-state index contributed by atoms with van der Waals surface area (Å²) in [6.07, 6.45) is 2.55. The van der Waals surface area contributed by atoms with Gasteiger partial charge in [0, 0.05) is 13.5 Å². The topological polar surface area (TPSA) is 43.8 Å². The molecular weight excluding hydrogens is 210 g/mol. The van der Waals surface area contributed by atoms with Crippen molar-refractivity contribution in [1.29, 1.82) is 0 Å². The third kappa shape index (κ3) is 2.66. The molecule has 1 heterocycles. The minimum absolute atomic E-state index is 0.704. The number of hydrogen-bond donors (Lipinski definition) is 1. The molecule has 0 aliphatic carbocycles. The molecule has 2 aromatic rings. The van der Waals surface area contributed by atoms with E-state index in [9.17, 15) is 0 Å². The summed E-state index contributed by atoms with van der Waals surface area (Å²) in [7, 11) is 2.03. The van der Waals surface area contributed by atoms with Crippen molar-refractivity contribution in [1.82, 2.24) is 9.55 Å². The quantitative estimate of drug-likeness (QED) is 0.642. The predicted octanol–water partition coefficient (Wildman–Crippen LogP) is 1.86. The van der Waals surface area contributed by atoms with Crippen LogP contribution >= 0.6 is 0 Å². The van der Waals surface area contributed by atoms with Crippen molar-refractivity contribution < 1.29 is 0 Å². The van der Waals surface area contributed by atoms with Crippen LogP contribution in [0.3, 0.4) is 0 Å². The average molecular weight is 227 g/mol. The Balaban J connectivity index is 2.13. The van der Waals surface area contributed by atoms with Crippen molar-refractivity contribution in [2.45, 2.75) is 19.3 Å². The van der Waals surface area contributed by atoms with E-state index in [0.717, 1.165) is 29.7 Å². The van der Waals surface area contributed by atoms with E-state index in [0.29, 0.717) is 13.0 Å². The number of imidazole rings is 1. The number of unbranched alkanes of at least 4 members (excludes halogenated alkanes) is 1. The molecule has 1 aromatic carbocycles. The zero-order valence-electron chi connectivity index (χ0n) is 10.1. The van der Waals surface area contributed by atoms with Crippen LogP contribution in [0.25, 0.3) is 11.0 Å². The number of nitrogens with two attached hydrogens (primary N) is 1. The van der Waals surface area contributed by atoms with Gasteiger partial charge < -0.3 is 10.3 Å². The Bertz CT molecular complexity index is 558. The highest BCUT2D eigenvalue weighted by Gasteiger charge is 2.04. The van der Waals surface area contributed by atoms with Crippen LogP contribution in [0.2, 0.25) is 0 Å². The predicted molar refractivity (Wildman–Crippen MR) is 70.5 cm³/mol. The Labute approximate surface area is 102 Å². The van der Waals surface area contributed by atoms with Crippen molar-refractivity contribution in [3.8, 4) is 11.8 Å². The van der Waals surface area contributed by atoms with E-state index in [1.54, 1.807) is 0 Å². The summed E-state index contributed by atoms with van der Waals surface area (Å²) in [5.41, 5.74) is 7.61. The van der Waals surface area contributed by atoms with Crippen LogP contribution in [0.5, 0.6) is 0 Å². The number of hydrogen-bond acceptors (Lipinski definition) is 2. The summed E-state index contributed by atoms with van der Waals surface area (Å²) < 4.78 is 2.10. The van der Waals surface area contributed by atoms with Gasteiger partial charge in [0.15, 0.2) is 0 Å². The first-order chi connectivity index (χ1) is 8.33. The van der Waals surface area contributed by atoms with Crippen molar-refractivity contribution in [2.24, 2.45) is 12.8 Å². The van der Waals surface area contributed by atoms with E-state index in [1.807, 2.05) is 25.2 Å². The largest absolute Gasteiger partial charge is 0.330 e. The summed E-state index contributed by atoms with van der Waals surface area (Å²) in [6.45, 7) is 0.709. The highest BCUT2D eigenvalue weighted by Crippen LogP contribution is 2.14. The molecular formula is C14H17N3. The maximum absolute atomic E-state index is 5.41. The maximum Gasteiger partial charge on any atom is 0.121 e. The van der Waals surface area contributed by atoms with Crippen LogP contribution in [0.4, 0.5) is 0 Å². The van der Waals surface area contributed by atoms with Gasteiger partial charge in [-0.1, -0.05) is 18.1 Å². The van der Waals surface area contributed by atoms with Gasteiger partial charge in [0.25, 0.3) is 0 Å².